The summed E-state index contributed by atoms with van der Waals surface area (Å²) >= 11 is 0. The van der Waals surface area contributed by atoms with Gasteiger partial charge in [-0.25, -0.2) is 9.31 Å². The van der Waals surface area contributed by atoms with Crippen molar-refractivity contribution in [1.82, 2.24) is 19.5 Å². The summed E-state index contributed by atoms with van der Waals surface area (Å²) in [5.74, 6) is 0.541. The number of carbonyl (C=O) groups excluding carboxylic acids is 1. The summed E-state index contributed by atoms with van der Waals surface area (Å²) in [6, 6.07) is 9.98. The van der Waals surface area contributed by atoms with Crippen molar-refractivity contribution in [1.29, 1.82) is 0 Å². The Hall–Kier alpha value is -3.29. The van der Waals surface area contributed by atoms with Crippen LogP contribution >= 0.6 is 0 Å². The zero-order valence-corrected chi connectivity index (χ0v) is 18.3. The highest BCUT2D eigenvalue weighted by atomic mass is 16.6. The standard InChI is InChI=1S/C23H29N5O3/c1-23(2,3)31-22(29)27-11-5-10-24-18-8-4-7-17(15-18)19-16-25-28-13-9-20(26-21(19)28)30-14-6-12-27/h4,7-9,13,15-16,24H,5-6,10-12,14H2,1-3H3. The lowest BCUT2D eigenvalue weighted by atomic mass is 10.1. The summed E-state index contributed by atoms with van der Waals surface area (Å²) in [5, 5.41) is 7.87. The molecule has 3 aromatic rings. The van der Waals surface area contributed by atoms with Gasteiger partial charge >= 0.3 is 6.09 Å². The molecule has 0 fully saturated rings. The lowest BCUT2D eigenvalue weighted by Crippen LogP contribution is -2.39. The van der Waals surface area contributed by atoms with E-state index >= 15 is 0 Å². The number of nitrogens with one attached hydrogen (secondary N) is 1. The van der Waals surface area contributed by atoms with Crippen LogP contribution in [0.2, 0.25) is 0 Å². The maximum absolute atomic E-state index is 12.6. The molecule has 1 aliphatic heterocycles. The molecule has 0 aliphatic carbocycles. The van der Waals surface area contributed by atoms with E-state index in [1.807, 2.05) is 51.4 Å². The lowest BCUT2D eigenvalue weighted by molar-refractivity contribution is 0.0241. The zero-order chi connectivity index (χ0) is 21.8. The molecule has 0 saturated carbocycles. The topological polar surface area (TPSA) is 81.0 Å². The van der Waals surface area contributed by atoms with Gasteiger partial charge in [-0.05, 0) is 51.3 Å². The molecule has 1 N–H and O–H groups in total. The van der Waals surface area contributed by atoms with Crippen LogP contribution in [0.1, 0.15) is 33.6 Å². The number of anilines is 1. The molecule has 0 radical (unpaired) electrons. The average Bonchev–Trinajstić information content (AvgIpc) is 3.14. The van der Waals surface area contributed by atoms with Crippen LogP contribution in [0.25, 0.3) is 16.8 Å². The van der Waals surface area contributed by atoms with Gasteiger partial charge in [0, 0.05) is 43.1 Å². The molecular formula is C23H29N5O3. The third kappa shape index (κ3) is 5.25. The van der Waals surface area contributed by atoms with Crippen molar-refractivity contribution in [3.63, 3.8) is 0 Å². The fraction of sp³-hybridized carbons (Fsp3) is 0.435. The van der Waals surface area contributed by atoms with E-state index in [1.165, 1.54) is 0 Å². The second kappa shape index (κ2) is 8.83. The Labute approximate surface area is 182 Å². The van der Waals surface area contributed by atoms with Crippen LogP contribution in [-0.4, -0.2) is 57.4 Å². The number of ether oxygens (including phenoxy) is 2. The minimum absolute atomic E-state index is 0.293. The highest BCUT2D eigenvalue weighted by molar-refractivity contribution is 5.79. The number of benzene rings is 1. The van der Waals surface area contributed by atoms with E-state index in [9.17, 15) is 4.79 Å². The van der Waals surface area contributed by atoms with Crippen molar-refractivity contribution in [2.75, 3.05) is 31.6 Å². The normalized spacial score (nSPS) is 15.4. The van der Waals surface area contributed by atoms with Gasteiger partial charge in [-0.1, -0.05) is 12.1 Å². The minimum atomic E-state index is -0.524. The van der Waals surface area contributed by atoms with Crippen LogP contribution < -0.4 is 10.1 Å². The smallest absolute Gasteiger partial charge is 0.410 e. The van der Waals surface area contributed by atoms with Crippen molar-refractivity contribution in [2.24, 2.45) is 0 Å². The van der Waals surface area contributed by atoms with Gasteiger partial charge in [-0.3, -0.25) is 0 Å². The summed E-state index contributed by atoms with van der Waals surface area (Å²) in [4.78, 5) is 19.0. The van der Waals surface area contributed by atoms with E-state index in [2.05, 4.69) is 21.5 Å². The van der Waals surface area contributed by atoms with Crippen molar-refractivity contribution in [3.05, 3.63) is 42.7 Å². The quantitative estimate of drug-likeness (QED) is 0.583. The third-order valence-corrected chi connectivity index (χ3v) is 4.93. The van der Waals surface area contributed by atoms with Crippen LogP contribution in [0.15, 0.2) is 42.7 Å². The number of hydrogen-bond acceptors (Lipinski definition) is 6. The van der Waals surface area contributed by atoms with E-state index in [4.69, 9.17) is 9.47 Å². The fourth-order valence-corrected chi connectivity index (χ4v) is 3.49. The van der Waals surface area contributed by atoms with E-state index < -0.39 is 5.60 Å². The number of fused-ring (bicyclic) bond motifs is 4. The molecule has 0 atom stereocenters. The van der Waals surface area contributed by atoms with Gasteiger partial charge in [-0.2, -0.15) is 10.1 Å². The Bertz CT molecular complexity index is 1060. The molecule has 2 aromatic heterocycles. The van der Waals surface area contributed by atoms with Crippen LogP contribution in [-0.2, 0) is 4.74 Å². The van der Waals surface area contributed by atoms with E-state index in [0.29, 0.717) is 32.0 Å². The highest BCUT2D eigenvalue weighted by Crippen LogP contribution is 2.27. The molecule has 8 nitrogen and oxygen atoms in total. The first-order valence-corrected chi connectivity index (χ1v) is 10.7. The van der Waals surface area contributed by atoms with Gasteiger partial charge in [0.25, 0.3) is 0 Å². The molecule has 0 saturated heterocycles. The number of hydrogen-bond donors (Lipinski definition) is 1. The minimum Gasteiger partial charge on any atom is -0.478 e. The molecular weight excluding hydrogens is 394 g/mol. The molecule has 4 rings (SSSR count). The number of aromatic nitrogens is 3. The highest BCUT2D eigenvalue weighted by Gasteiger charge is 2.22. The molecule has 1 amide bonds. The predicted octanol–water partition coefficient (Wildman–Crippen LogP) is 4.22. The second-order valence-electron chi connectivity index (χ2n) is 8.62. The number of nitrogens with zero attached hydrogens (tertiary/aromatic N) is 4. The predicted molar refractivity (Wildman–Crippen MR) is 119 cm³/mol. The van der Waals surface area contributed by atoms with E-state index in [1.54, 1.807) is 15.5 Å². The van der Waals surface area contributed by atoms with Gasteiger partial charge in [-0.15, -0.1) is 0 Å². The molecule has 0 unspecified atom stereocenters. The molecule has 1 aliphatic rings. The summed E-state index contributed by atoms with van der Waals surface area (Å²) in [5.41, 5.74) is 3.23. The van der Waals surface area contributed by atoms with Gasteiger partial charge in [0.2, 0.25) is 5.88 Å². The third-order valence-electron chi connectivity index (χ3n) is 4.93. The SMILES string of the molecule is CC(C)(C)OC(=O)N1CCCNc2cccc(c2)-c2cnn3ccc(nc23)OCCC1. The summed E-state index contributed by atoms with van der Waals surface area (Å²) in [6.45, 7) is 8.02. The van der Waals surface area contributed by atoms with Crippen LogP contribution in [0.3, 0.4) is 0 Å². The van der Waals surface area contributed by atoms with Crippen molar-refractivity contribution in [2.45, 2.75) is 39.2 Å². The Kier molecular flexibility index (Phi) is 5.97. The Morgan fingerprint density at radius 2 is 2.03 bits per heavy atom. The number of carbonyl (C=O) groups is 1. The first-order chi connectivity index (χ1) is 14.9. The summed E-state index contributed by atoms with van der Waals surface area (Å²) in [6.07, 6.45) is 4.87. The van der Waals surface area contributed by atoms with Crippen LogP contribution in [0.5, 0.6) is 5.88 Å². The molecule has 4 bridgehead atoms. The maximum atomic E-state index is 12.6. The maximum Gasteiger partial charge on any atom is 0.410 e. The summed E-state index contributed by atoms with van der Waals surface area (Å²) in [7, 11) is 0. The molecule has 164 valence electrons. The Morgan fingerprint density at radius 1 is 1.19 bits per heavy atom. The van der Waals surface area contributed by atoms with E-state index in [-0.39, 0.29) is 6.09 Å². The first kappa shape index (κ1) is 21.0. The van der Waals surface area contributed by atoms with Crippen LogP contribution in [0.4, 0.5) is 10.5 Å². The molecule has 3 heterocycles. The van der Waals surface area contributed by atoms with Gasteiger partial charge < -0.3 is 19.7 Å². The Balaban J connectivity index is 1.58. The molecule has 1 aromatic carbocycles. The Morgan fingerprint density at radius 3 is 2.87 bits per heavy atom. The molecule has 31 heavy (non-hydrogen) atoms. The van der Waals surface area contributed by atoms with E-state index in [0.717, 1.165) is 35.4 Å². The monoisotopic (exact) mass is 423 g/mol. The van der Waals surface area contributed by atoms with Crippen molar-refractivity contribution in [3.8, 4) is 17.0 Å². The second-order valence-corrected chi connectivity index (χ2v) is 8.62. The molecule has 0 spiro atoms. The van der Waals surface area contributed by atoms with Crippen LogP contribution in [0, 0.1) is 0 Å². The van der Waals surface area contributed by atoms with Gasteiger partial charge in [0.1, 0.15) is 5.60 Å². The summed E-state index contributed by atoms with van der Waals surface area (Å²) < 4.78 is 13.2. The largest absolute Gasteiger partial charge is 0.478 e. The average molecular weight is 424 g/mol. The van der Waals surface area contributed by atoms with Gasteiger partial charge in [0.15, 0.2) is 5.65 Å². The van der Waals surface area contributed by atoms with Gasteiger partial charge in [0.05, 0.1) is 12.8 Å². The first-order valence-electron chi connectivity index (χ1n) is 10.7. The van der Waals surface area contributed by atoms with Crippen molar-refractivity contribution < 1.29 is 14.3 Å². The lowest BCUT2D eigenvalue weighted by Gasteiger charge is -2.27. The molecule has 8 heteroatoms. The number of rotatable bonds is 0. The fourth-order valence-electron chi connectivity index (χ4n) is 3.49. The zero-order valence-electron chi connectivity index (χ0n) is 18.3. The van der Waals surface area contributed by atoms with Crippen molar-refractivity contribution >= 4 is 17.4 Å². The number of amides is 1.